The Hall–Kier alpha value is -1.55. The first kappa shape index (κ1) is 9.98. The van der Waals surface area contributed by atoms with Gasteiger partial charge in [-0.2, -0.15) is 4.98 Å². The maximum absolute atomic E-state index is 5.72. The third-order valence-electron chi connectivity index (χ3n) is 1.86. The predicted molar refractivity (Wildman–Crippen MR) is 58.7 cm³/mol. The molecule has 0 unspecified atom stereocenters. The summed E-state index contributed by atoms with van der Waals surface area (Å²) in [6.07, 6.45) is 3.45. The van der Waals surface area contributed by atoms with Crippen LogP contribution < -0.4 is 0 Å². The molecule has 4 nitrogen and oxygen atoms in total. The van der Waals surface area contributed by atoms with E-state index in [9.17, 15) is 0 Å². The topological polar surface area (TPSA) is 39.4 Å². The van der Waals surface area contributed by atoms with Gasteiger partial charge in [0.25, 0.3) is 0 Å². The van der Waals surface area contributed by atoms with Crippen molar-refractivity contribution in [2.45, 2.75) is 6.92 Å². The van der Waals surface area contributed by atoms with Crippen LogP contribution in [0.2, 0.25) is 5.28 Å². The van der Waals surface area contributed by atoms with Gasteiger partial charge in [-0.1, -0.05) is 6.07 Å². The van der Waals surface area contributed by atoms with Gasteiger partial charge < -0.3 is 4.74 Å². The highest BCUT2D eigenvalue weighted by Gasteiger charge is 2.02. The molecule has 0 spiro atoms. The van der Waals surface area contributed by atoms with Crippen LogP contribution in [0, 0.1) is 0 Å². The summed E-state index contributed by atoms with van der Waals surface area (Å²) >= 11 is 5.72. The Balaban J connectivity index is 2.41. The van der Waals surface area contributed by atoms with Crippen molar-refractivity contribution in [1.82, 2.24) is 14.6 Å². The van der Waals surface area contributed by atoms with Crippen LogP contribution in [-0.2, 0) is 4.74 Å². The highest BCUT2D eigenvalue weighted by atomic mass is 35.5. The van der Waals surface area contributed by atoms with E-state index in [0.29, 0.717) is 6.61 Å². The van der Waals surface area contributed by atoms with E-state index in [1.165, 1.54) is 0 Å². The van der Waals surface area contributed by atoms with Gasteiger partial charge >= 0.3 is 0 Å². The predicted octanol–water partition coefficient (Wildman–Crippen LogP) is 2.39. The lowest BCUT2D eigenvalue weighted by Gasteiger charge is -1.97. The zero-order chi connectivity index (χ0) is 10.7. The first-order valence-corrected chi connectivity index (χ1v) is 4.98. The number of aromatic nitrogens is 3. The Kier molecular flexibility index (Phi) is 2.87. The second-order valence-electron chi connectivity index (χ2n) is 2.86. The Morgan fingerprint density at radius 3 is 3.20 bits per heavy atom. The van der Waals surface area contributed by atoms with E-state index < -0.39 is 0 Å². The molecule has 15 heavy (non-hydrogen) atoms. The minimum Gasteiger partial charge on any atom is -0.501 e. The highest BCUT2D eigenvalue weighted by Crippen LogP contribution is 2.10. The number of nitrogens with zero attached hydrogens (tertiary/aromatic N) is 3. The molecule has 0 atom stereocenters. The molecule has 0 radical (unpaired) electrons. The zero-order valence-corrected chi connectivity index (χ0v) is 8.98. The van der Waals surface area contributed by atoms with E-state index in [4.69, 9.17) is 16.3 Å². The fourth-order valence-corrected chi connectivity index (χ4v) is 1.40. The second-order valence-corrected chi connectivity index (χ2v) is 3.20. The van der Waals surface area contributed by atoms with Crippen LogP contribution in [0.25, 0.3) is 11.7 Å². The molecule has 5 heteroatoms. The maximum atomic E-state index is 5.72. The molecule has 0 aromatic carbocycles. The fourth-order valence-electron chi connectivity index (χ4n) is 1.24. The van der Waals surface area contributed by atoms with E-state index in [1.807, 2.05) is 31.2 Å². The SMILES string of the molecule is CCO/C=C\c1cccc2nc(Cl)nn12. The molecule has 0 aliphatic carbocycles. The fraction of sp³-hybridized carbons (Fsp3) is 0.200. The quantitative estimate of drug-likeness (QED) is 0.750. The first-order valence-electron chi connectivity index (χ1n) is 4.60. The molecule has 2 aromatic heterocycles. The van der Waals surface area contributed by atoms with Crippen molar-refractivity contribution >= 4 is 23.3 Å². The third kappa shape index (κ3) is 2.10. The van der Waals surface area contributed by atoms with Crippen molar-refractivity contribution in [3.8, 4) is 0 Å². The molecule has 2 rings (SSSR count). The standard InChI is InChI=1S/C10H10ClN3O/c1-2-15-7-6-8-4-3-5-9-12-10(11)13-14(8)9/h3-7H,2H2,1H3/b7-6-. The van der Waals surface area contributed by atoms with Gasteiger partial charge in [0.05, 0.1) is 18.6 Å². The van der Waals surface area contributed by atoms with Crippen LogP contribution in [0.15, 0.2) is 24.5 Å². The number of pyridine rings is 1. The average molecular weight is 224 g/mol. The molecule has 2 aromatic rings. The summed E-state index contributed by atoms with van der Waals surface area (Å²) in [7, 11) is 0. The van der Waals surface area contributed by atoms with Crippen LogP contribution >= 0.6 is 11.6 Å². The average Bonchev–Trinajstić information content (AvgIpc) is 2.59. The summed E-state index contributed by atoms with van der Waals surface area (Å²) in [5, 5.41) is 4.30. The monoisotopic (exact) mass is 223 g/mol. The smallest absolute Gasteiger partial charge is 0.243 e. The number of halogens is 1. The van der Waals surface area contributed by atoms with Crippen molar-refractivity contribution < 1.29 is 4.74 Å². The molecule has 2 heterocycles. The number of rotatable bonds is 3. The van der Waals surface area contributed by atoms with Gasteiger partial charge in [-0.05, 0) is 36.7 Å². The van der Waals surface area contributed by atoms with Gasteiger partial charge in [0.15, 0.2) is 5.65 Å². The lowest BCUT2D eigenvalue weighted by Crippen LogP contribution is -1.92. The van der Waals surface area contributed by atoms with E-state index in [0.717, 1.165) is 11.3 Å². The summed E-state index contributed by atoms with van der Waals surface area (Å²) < 4.78 is 6.78. The largest absolute Gasteiger partial charge is 0.501 e. The van der Waals surface area contributed by atoms with Crippen LogP contribution in [0.4, 0.5) is 0 Å². The summed E-state index contributed by atoms with van der Waals surface area (Å²) in [6.45, 7) is 2.57. The van der Waals surface area contributed by atoms with Gasteiger partial charge in [-0.25, -0.2) is 4.52 Å². The molecule has 0 saturated heterocycles. The highest BCUT2D eigenvalue weighted by molar-refractivity contribution is 6.28. The second kappa shape index (κ2) is 4.31. The Morgan fingerprint density at radius 1 is 1.53 bits per heavy atom. The van der Waals surface area contributed by atoms with Crippen molar-refractivity contribution in [2.75, 3.05) is 6.61 Å². The number of hydrogen-bond donors (Lipinski definition) is 0. The van der Waals surface area contributed by atoms with Crippen molar-refractivity contribution in [3.63, 3.8) is 0 Å². The van der Waals surface area contributed by atoms with Crippen LogP contribution in [-0.4, -0.2) is 21.2 Å². The van der Waals surface area contributed by atoms with E-state index in [1.54, 1.807) is 10.8 Å². The Bertz CT molecular complexity index is 492. The Morgan fingerprint density at radius 2 is 2.40 bits per heavy atom. The molecule has 0 fully saturated rings. The number of hydrogen-bond acceptors (Lipinski definition) is 3. The summed E-state index contributed by atoms with van der Waals surface area (Å²) in [5.74, 6) is 0. The van der Waals surface area contributed by atoms with E-state index in [2.05, 4.69) is 10.1 Å². The van der Waals surface area contributed by atoms with Crippen LogP contribution in [0.1, 0.15) is 12.6 Å². The van der Waals surface area contributed by atoms with Crippen molar-refractivity contribution in [2.24, 2.45) is 0 Å². The molecule has 0 amide bonds. The molecule has 0 N–H and O–H groups in total. The number of fused-ring (bicyclic) bond motifs is 1. The number of ether oxygens (including phenoxy) is 1. The third-order valence-corrected chi connectivity index (χ3v) is 2.02. The first-order chi connectivity index (χ1) is 7.31. The molecular weight excluding hydrogens is 214 g/mol. The van der Waals surface area contributed by atoms with Gasteiger partial charge in [0.1, 0.15) is 0 Å². The van der Waals surface area contributed by atoms with Gasteiger partial charge in [-0.3, -0.25) is 0 Å². The molecular formula is C10H10ClN3O. The van der Waals surface area contributed by atoms with E-state index >= 15 is 0 Å². The van der Waals surface area contributed by atoms with Gasteiger partial charge in [0, 0.05) is 0 Å². The normalized spacial score (nSPS) is 11.3. The molecule has 0 saturated carbocycles. The van der Waals surface area contributed by atoms with Crippen LogP contribution in [0.5, 0.6) is 0 Å². The zero-order valence-electron chi connectivity index (χ0n) is 8.22. The minimum atomic E-state index is 0.243. The molecule has 0 bridgehead atoms. The Labute approximate surface area is 92.1 Å². The van der Waals surface area contributed by atoms with Crippen LogP contribution in [0.3, 0.4) is 0 Å². The molecule has 78 valence electrons. The van der Waals surface area contributed by atoms with E-state index in [-0.39, 0.29) is 5.28 Å². The molecule has 0 aliphatic heterocycles. The minimum absolute atomic E-state index is 0.243. The van der Waals surface area contributed by atoms with Crippen molar-refractivity contribution in [3.05, 3.63) is 35.4 Å². The lowest BCUT2D eigenvalue weighted by molar-refractivity contribution is 0.272. The summed E-state index contributed by atoms with van der Waals surface area (Å²) in [4.78, 5) is 4.04. The lowest BCUT2D eigenvalue weighted by atomic mass is 10.3. The molecule has 0 aliphatic rings. The van der Waals surface area contributed by atoms with Crippen molar-refractivity contribution in [1.29, 1.82) is 0 Å². The van der Waals surface area contributed by atoms with Gasteiger partial charge in [0.2, 0.25) is 5.28 Å². The van der Waals surface area contributed by atoms with Gasteiger partial charge in [-0.15, -0.1) is 5.10 Å². The summed E-state index contributed by atoms with van der Waals surface area (Å²) in [5.41, 5.74) is 1.60. The summed E-state index contributed by atoms with van der Waals surface area (Å²) in [6, 6.07) is 5.65. The maximum Gasteiger partial charge on any atom is 0.243 e.